The number of halogens is 3. The molecule has 1 aromatic heterocycles. The van der Waals surface area contributed by atoms with E-state index < -0.39 is 0 Å². The van der Waals surface area contributed by atoms with Crippen LogP contribution >= 0.6 is 67.8 Å². The van der Waals surface area contributed by atoms with Gasteiger partial charge in [-0.2, -0.15) is 0 Å². The molecule has 0 fully saturated rings. The molecule has 0 aliphatic heterocycles. The van der Waals surface area contributed by atoms with Gasteiger partial charge in [0.05, 0.1) is 0 Å². The van der Waals surface area contributed by atoms with Crippen LogP contribution < -0.4 is 0 Å². The lowest BCUT2D eigenvalue weighted by molar-refractivity contribution is 1.30. The summed E-state index contributed by atoms with van der Waals surface area (Å²) in [6.07, 6.45) is 0. The summed E-state index contributed by atoms with van der Waals surface area (Å²) in [4.78, 5) is 3.35. The monoisotopic (exact) mass is 509 g/mol. The van der Waals surface area contributed by atoms with Crippen LogP contribution in [0.2, 0.25) is 0 Å². The molecule has 2 aromatic rings. The molecule has 1 nitrogen and oxygen atoms in total. The van der Waals surface area contributed by atoms with Crippen molar-refractivity contribution < 1.29 is 0 Å². The maximum Gasteiger partial charge on any atom is 0.0478 e. The Hall–Kier alpha value is 0.950. The molecule has 0 saturated carbocycles. The Kier molecular flexibility index (Phi) is 3.09. The molecular formula is C9H6I3N. The highest BCUT2D eigenvalue weighted by atomic mass is 127. The molecule has 0 amide bonds. The fraction of sp³-hybridized carbons (Fsp3) is 0.111. The highest BCUT2D eigenvalue weighted by Gasteiger charge is 2.08. The second kappa shape index (κ2) is 3.84. The average Bonchev–Trinajstić information content (AvgIpc) is 2.42. The van der Waals surface area contributed by atoms with Gasteiger partial charge < -0.3 is 4.98 Å². The van der Waals surface area contributed by atoms with E-state index in [0.717, 1.165) is 0 Å². The van der Waals surface area contributed by atoms with Crippen molar-refractivity contribution in [2.75, 3.05) is 0 Å². The molecular weight excluding hydrogens is 503 g/mol. The van der Waals surface area contributed by atoms with Gasteiger partial charge in [0.25, 0.3) is 0 Å². The summed E-state index contributed by atoms with van der Waals surface area (Å²) in [7, 11) is 0. The Morgan fingerprint density at radius 1 is 1.08 bits per heavy atom. The highest BCUT2D eigenvalue weighted by molar-refractivity contribution is 14.1. The molecule has 0 aliphatic rings. The molecule has 1 N–H and O–H groups in total. The van der Waals surface area contributed by atoms with E-state index in [-0.39, 0.29) is 0 Å². The number of aromatic nitrogens is 1. The summed E-state index contributed by atoms with van der Waals surface area (Å²) in [6.45, 7) is 2.09. The maximum absolute atomic E-state index is 3.35. The average molecular weight is 509 g/mol. The normalized spacial score (nSPS) is 11.1. The van der Waals surface area contributed by atoms with E-state index >= 15 is 0 Å². The number of rotatable bonds is 0. The number of fused-ring (bicyclic) bond motifs is 1. The number of H-pyrrole nitrogens is 1. The smallest absolute Gasteiger partial charge is 0.0478 e. The SMILES string of the molecule is Cc1cc2c(I)c(I)c(I)cc2[nH]1. The summed E-state index contributed by atoms with van der Waals surface area (Å²) >= 11 is 7.18. The van der Waals surface area contributed by atoms with Crippen LogP contribution in [0.5, 0.6) is 0 Å². The first-order chi connectivity index (χ1) is 6.09. The van der Waals surface area contributed by atoms with Gasteiger partial charge in [-0.05, 0) is 86.8 Å². The summed E-state index contributed by atoms with van der Waals surface area (Å²) in [5.41, 5.74) is 2.47. The van der Waals surface area contributed by atoms with Crippen LogP contribution in [-0.2, 0) is 0 Å². The number of aromatic amines is 1. The van der Waals surface area contributed by atoms with Gasteiger partial charge in [-0.15, -0.1) is 0 Å². The van der Waals surface area contributed by atoms with Crippen molar-refractivity contribution >= 4 is 78.7 Å². The molecule has 0 saturated heterocycles. The Labute approximate surface area is 117 Å². The molecule has 0 atom stereocenters. The van der Waals surface area contributed by atoms with Crippen molar-refractivity contribution in [3.63, 3.8) is 0 Å². The quantitative estimate of drug-likeness (QED) is 0.404. The molecule has 0 unspecified atom stereocenters. The number of aryl methyl sites for hydroxylation is 1. The van der Waals surface area contributed by atoms with Crippen LogP contribution in [0, 0.1) is 17.6 Å². The lowest BCUT2D eigenvalue weighted by Gasteiger charge is -2.00. The zero-order chi connectivity index (χ0) is 9.59. The summed E-state index contributed by atoms with van der Waals surface area (Å²) in [5.74, 6) is 0. The molecule has 68 valence electrons. The molecule has 1 heterocycles. The third-order valence-corrected chi connectivity index (χ3v) is 7.05. The van der Waals surface area contributed by atoms with Crippen molar-refractivity contribution in [1.29, 1.82) is 0 Å². The Morgan fingerprint density at radius 2 is 1.77 bits per heavy atom. The first-order valence-electron chi connectivity index (χ1n) is 3.72. The van der Waals surface area contributed by atoms with Crippen LogP contribution in [-0.4, -0.2) is 4.98 Å². The van der Waals surface area contributed by atoms with Gasteiger partial charge in [-0.1, -0.05) is 0 Å². The topological polar surface area (TPSA) is 15.8 Å². The molecule has 13 heavy (non-hydrogen) atoms. The van der Waals surface area contributed by atoms with Crippen LogP contribution in [0.25, 0.3) is 10.9 Å². The van der Waals surface area contributed by atoms with Crippen LogP contribution in [0.4, 0.5) is 0 Å². The lowest BCUT2D eigenvalue weighted by Crippen LogP contribution is -1.85. The first kappa shape index (κ1) is 10.5. The molecule has 0 radical (unpaired) electrons. The zero-order valence-electron chi connectivity index (χ0n) is 6.79. The number of hydrogen-bond acceptors (Lipinski definition) is 0. The van der Waals surface area contributed by atoms with Crippen molar-refractivity contribution in [2.24, 2.45) is 0 Å². The van der Waals surface area contributed by atoms with Gasteiger partial charge in [-0.25, -0.2) is 0 Å². The minimum absolute atomic E-state index is 1.23. The zero-order valence-corrected chi connectivity index (χ0v) is 13.3. The fourth-order valence-corrected chi connectivity index (χ4v) is 3.60. The van der Waals surface area contributed by atoms with E-state index in [1.807, 2.05) is 0 Å². The second-order valence-corrected chi connectivity index (χ2v) is 6.22. The fourth-order valence-electron chi connectivity index (χ4n) is 1.32. The van der Waals surface area contributed by atoms with E-state index in [4.69, 9.17) is 0 Å². The van der Waals surface area contributed by atoms with Gasteiger partial charge >= 0.3 is 0 Å². The van der Waals surface area contributed by atoms with E-state index in [1.165, 1.54) is 27.3 Å². The molecule has 0 aliphatic carbocycles. The van der Waals surface area contributed by atoms with Gasteiger partial charge in [0, 0.05) is 27.3 Å². The molecule has 0 bridgehead atoms. The van der Waals surface area contributed by atoms with E-state index in [2.05, 4.69) is 91.8 Å². The summed E-state index contributed by atoms with van der Waals surface area (Å²) in [5, 5.41) is 1.34. The predicted octanol–water partition coefficient (Wildman–Crippen LogP) is 4.29. The van der Waals surface area contributed by atoms with Crippen molar-refractivity contribution in [3.05, 3.63) is 28.5 Å². The molecule has 2 rings (SSSR count). The van der Waals surface area contributed by atoms with Crippen LogP contribution in [0.1, 0.15) is 5.69 Å². The Morgan fingerprint density at radius 3 is 2.46 bits per heavy atom. The van der Waals surface area contributed by atoms with E-state index in [9.17, 15) is 0 Å². The summed E-state index contributed by atoms with van der Waals surface area (Å²) in [6, 6.07) is 4.40. The highest BCUT2D eigenvalue weighted by Crippen LogP contribution is 2.29. The van der Waals surface area contributed by atoms with Gasteiger partial charge in [0.1, 0.15) is 0 Å². The van der Waals surface area contributed by atoms with Crippen LogP contribution in [0.15, 0.2) is 12.1 Å². The maximum atomic E-state index is 3.35. The molecule has 4 heteroatoms. The van der Waals surface area contributed by atoms with E-state index in [1.54, 1.807) is 0 Å². The predicted molar refractivity (Wildman–Crippen MR) is 81.2 cm³/mol. The van der Waals surface area contributed by atoms with Crippen molar-refractivity contribution in [1.82, 2.24) is 4.98 Å². The Bertz CT molecular complexity index is 473. The minimum Gasteiger partial charge on any atom is -0.359 e. The first-order valence-corrected chi connectivity index (χ1v) is 6.96. The van der Waals surface area contributed by atoms with Crippen molar-refractivity contribution in [3.8, 4) is 0 Å². The van der Waals surface area contributed by atoms with Gasteiger partial charge in [0.15, 0.2) is 0 Å². The lowest BCUT2D eigenvalue weighted by atomic mass is 10.2. The standard InChI is InChI=1S/C9H6I3N/c1-4-2-5-7(13-4)3-6(10)9(12)8(5)11/h2-3,13H,1H3. The number of nitrogens with one attached hydrogen (secondary N) is 1. The third kappa shape index (κ3) is 1.85. The third-order valence-electron chi connectivity index (χ3n) is 1.89. The van der Waals surface area contributed by atoms with Gasteiger partial charge in [-0.3, -0.25) is 0 Å². The number of hydrogen-bond donors (Lipinski definition) is 1. The second-order valence-electron chi connectivity index (χ2n) is 2.90. The van der Waals surface area contributed by atoms with Gasteiger partial charge in [0.2, 0.25) is 0 Å². The van der Waals surface area contributed by atoms with Crippen molar-refractivity contribution in [2.45, 2.75) is 6.92 Å². The molecule has 1 aromatic carbocycles. The van der Waals surface area contributed by atoms with E-state index in [0.29, 0.717) is 0 Å². The minimum atomic E-state index is 1.23. The molecule has 0 spiro atoms. The number of benzene rings is 1. The Balaban J connectivity index is 2.92. The summed E-state index contributed by atoms with van der Waals surface area (Å²) < 4.78 is 4.02. The largest absolute Gasteiger partial charge is 0.359 e. The van der Waals surface area contributed by atoms with Crippen LogP contribution in [0.3, 0.4) is 0 Å².